The molecule has 1 unspecified atom stereocenters. The van der Waals surface area contributed by atoms with Crippen molar-refractivity contribution in [3.05, 3.63) is 30.5 Å². The second-order valence-corrected chi connectivity index (χ2v) is 7.10. The number of amides is 1. The van der Waals surface area contributed by atoms with Crippen LogP contribution in [0.1, 0.15) is 18.7 Å². The number of allylic oxidation sites excluding steroid dienone is 1. The molecule has 0 spiro atoms. The third-order valence-electron chi connectivity index (χ3n) is 4.50. The van der Waals surface area contributed by atoms with Gasteiger partial charge in [0.1, 0.15) is 18.0 Å². The molecule has 3 heterocycles. The number of nitrogens with one attached hydrogen (secondary N) is 3. The number of rotatable bonds is 7. The Hall–Kier alpha value is -2.82. The SMILES string of the molecule is CSNC(=O)C1CCCN(c2cc(-c3cnc(/C=C\C(=N)C(F)F)[nH]3)ncn2)C1. The minimum absolute atomic E-state index is 0.0239. The van der Waals surface area contributed by atoms with Gasteiger partial charge in [0.05, 0.1) is 29.2 Å². The van der Waals surface area contributed by atoms with Crippen LogP contribution >= 0.6 is 11.9 Å². The number of aromatic nitrogens is 4. The van der Waals surface area contributed by atoms with E-state index in [4.69, 9.17) is 5.41 Å². The van der Waals surface area contributed by atoms with Crippen molar-refractivity contribution in [2.24, 2.45) is 5.92 Å². The van der Waals surface area contributed by atoms with Gasteiger partial charge < -0.3 is 14.6 Å². The fraction of sp³-hybridized carbons (Fsp3) is 0.389. The Morgan fingerprint density at radius 1 is 1.45 bits per heavy atom. The average Bonchev–Trinajstić information content (AvgIpc) is 3.21. The predicted molar refractivity (Wildman–Crippen MR) is 109 cm³/mol. The van der Waals surface area contributed by atoms with Crippen LogP contribution in [0, 0.1) is 11.3 Å². The monoisotopic (exact) mass is 421 g/mol. The Bertz CT molecular complexity index is 902. The van der Waals surface area contributed by atoms with Crippen molar-refractivity contribution in [2.75, 3.05) is 24.2 Å². The first-order valence-electron chi connectivity index (χ1n) is 8.97. The molecular weight excluding hydrogens is 400 g/mol. The number of hydrogen-bond donors (Lipinski definition) is 3. The van der Waals surface area contributed by atoms with Crippen molar-refractivity contribution in [1.82, 2.24) is 24.7 Å². The highest BCUT2D eigenvalue weighted by Gasteiger charge is 2.26. The lowest BCUT2D eigenvalue weighted by atomic mass is 9.97. The molecule has 3 rings (SSSR count). The third kappa shape index (κ3) is 5.37. The Labute approximate surface area is 170 Å². The van der Waals surface area contributed by atoms with E-state index in [1.807, 2.05) is 6.26 Å². The predicted octanol–water partition coefficient (Wildman–Crippen LogP) is 2.78. The fourth-order valence-corrected chi connectivity index (χ4v) is 3.41. The minimum Gasteiger partial charge on any atom is -0.356 e. The highest BCUT2D eigenvalue weighted by atomic mass is 32.2. The highest BCUT2D eigenvalue weighted by Crippen LogP contribution is 2.25. The molecule has 1 atom stereocenters. The van der Waals surface area contributed by atoms with E-state index in [0.717, 1.165) is 25.5 Å². The van der Waals surface area contributed by atoms with Crippen LogP contribution in [0.3, 0.4) is 0 Å². The molecule has 0 bridgehead atoms. The largest absolute Gasteiger partial charge is 0.356 e. The van der Waals surface area contributed by atoms with Gasteiger partial charge in [-0.25, -0.2) is 23.7 Å². The molecule has 2 aromatic heterocycles. The molecule has 3 N–H and O–H groups in total. The lowest BCUT2D eigenvalue weighted by Gasteiger charge is -2.32. The summed E-state index contributed by atoms with van der Waals surface area (Å²) in [4.78, 5) is 29.9. The molecule has 0 radical (unpaired) electrons. The summed E-state index contributed by atoms with van der Waals surface area (Å²) in [6.07, 6.45) is 6.04. The van der Waals surface area contributed by atoms with E-state index in [9.17, 15) is 13.6 Å². The first-order valence-corrected chi connectivity index (χ1v) is 10.2. The summed E-state index contributed by atoms with van der Waals surface area (Å²) in [7, 11) is 0. The van der Waals surface area contributed by atoms with Crippen LogP contribution < -0.4 is 9.62 Å². The maximum atomic E-state index is 12.4. The van der Waals surface area contributed by atoms with E-state index < -0.39 is 12.1 Å². The molecule has 1 amide bonds. The van der Waals surface area contributed by atoms with E-state index >= 15 is 0 Å². The molecule has 0 saturated carbocycles. The molecule has 0 aliphatic carbocycles. The van der Waals surface area contributed by atoms with E-state index in [-0.39, 0.29) is 11.8 Å². The molecule has 1 fully saturated rings. The standard InChI is InChI=1S/C18H21F2N7OS/c1-29-26-18(28)11-3-2-6-27(9-11)16-7-13(23-10-24-16)14-8-22-15(25-14)5-4-12(21)17(19)20/h4-5,7-8,10-11,17,21H,2-3,6,9H2,1H3,(H,22,25)(H,26,28)/b5-4-,21-12?. The smallest absolute Gasteiger partial charge is 0.279 e. The third-order valence-corrected chi connectivity index (χ3v) is 4.90. The molecule has 0 aromatic carbocycles. The van der Waals surface area contributed by atoms with E-state index in [1.165, 1.54) is 24.4 Å². The zero-order valence-electron chi connectivity index (χ0n) is 15.7. The molecule has 2 aromatic rings. The quantitative estimate of drug-likeness (QED) is 0.468. The van der Waals surface area contributed by atoms with Gasteiger partial charge in [-0.1, -0.05) is 11.9 Å². The Morgan fingerprint density at radius 2 is 2.28 bits per heavy atom. The topological polar surface area (TPSA) is 111 Å². The number of alkyl halides is 2. The lowest BCUT2D eigenvalue weighted by molar-refractivity contribution is -0.123. The van der Waals surface area contributed by atoms with Crippen LogP contribution in [-0.4, -0.2) is 57.3 Å². The molecule has 8 nitrogen and oxygen atoms in total. The molecule has 11 heteroatoms. The maximum absolute atomic E-state index is 12.4. The number of aromatic amines is 1. The van der Waals surface area contributed by atoms with Gasteiger partial charge in [-0.2, -0.15) is 0 Å². The molecule has 1 aliphatic rings. The zero-order chi connectivity index (χ0) is 20.8. The van der Waals surface area contributed by atoms with Crippen LogP contribution in [0.25, 0.3) is 17.5 Å². The number of imidazole rings is 1. The van der Waals surface area contributed by atoms with Gasteiger partial charge in [0.15, 0.2) is 0 Å². The van der Waals surface area contributed by atoms with Crippen molar-refractivity contribution in [3.8, 4) is 11.4 Å². The van der Waals surface area contributed by atoms with E-state index in [1.54, 1.807) is 12.3 Å². The normalized spacial score (nSPS) is 17.1. The summed E-state index contributed by atoms with van der Waals surface area (Å²) in [5.41, 5.74) is 0.421. The van der Waals surface area contributed by atoms with E-state index in [2.05, 4.69) is 29.6 Å². The number of carbonyl (C=O) groups is 1. The number of H-pyrrole nitrogens is 1. The molecule has 29 heavy (non-hydrogen) atoms. The summed E-state index contributed by atoms with van der Waals surface area (Å²) in [6, 6.07) is 1.80. The van der Waals surface area contributed by atoms with Crippen LogP contribution in [0.2, 0.25) is 0 Å². The minimum atomic E-state index is -2.82. The number of piperidine rings is 1. The van der Waals surface area contributed by atoms with Gasteiger partial charge in [0.25, 0.3) is 6.43 Å². The number of halogens is 2. The summed E-state index contributed by atoms with van der Waals surface area (Å²) in [5, 5.41) is 7.14. The van der Waals surface area contributed by atoms with Gasteiger partial charge in [-0.05, 0) is 25.0 Å². The highest BCUT2D eigenvalue weighted by molar-refractivity contribution is 7.97. The number of carbonyl (C=O) groups excluding carboxylic acids is 1. The molecule has 1 saturated heterocycles. The van der Waals surface area contributed by atoms with Crippen molar-refractivity contribution in [1.29, 1.82) is 5.41 Å². The first kappa shape index (κ1) is 20.9. The maximum Gasteiger partial charge on any atom is 0.279 e. The van der Waals surface area contributed by atoms with Crippen molar-refractivity contribution in [2.45, 2.75) is 19.3 Å². The van der Waals surface area contributed by atoms with Gasteiger partial charge in [0, 0.05) is 25.4 Å². The molecule has 1 aliphatic heterocycles. The van der Waals surface area contributed by atoms with Crippen LogP contribution in [0.15, 0.2) is 24.7 Å². The first-order chi connectivity index (χ1) is 14.0. The Balaban J connectivity index is 1.73. The summed E-state index contributed by atoms with van der Waals surface area (Å²) in [5.74, 6) is 0.986. The van der Waals surface area contributed by atoms with Crippen molar-refractivity contribution >= 4 is 35.5 Å². The second-order valence-electron chi connectivity index (χ2n) is 6.49. The number of hydrogen-bond acceptors (Lipinski definition) is 7. The number of nitrogens with zero attached hydrogens (tertiary/aromatic N) is 4. The van der Waals surface area contributed by atoms with E-state index in [0.29, 0.717) is 29.6 Å². The average molecular weight is 421 g/mol. The van der Waals surface area contributed by atoms with Crippen LogP contribution in [0.4, 0.5) is 14.6 Å². The Morgan fingerprint density at radius 3 is 3.03 bits per heavy atom. The number of anilines is 1. The fourth-order valence-electron chi connectivity index (χ4n) is 3.04. The van der Waals surface area contributed by atoms with Gasteiger partial charge in [0.2, 0.25) is 5.91 Å². The van der Waals surface area contributed by atoms with Crippen molar-refractivity contribution in [3.63, 3.8) is 0 Å². The second kappa shape index (κ2) is 9.59. The lowest BCUT2D eigenvalue weighted by Crippen LogP contribution is -2.42. The summed E-state index contributed by atoms with van der Waals surface area (Å²) < 4.78 is 27.6. The Kier molecular flexibility index (Phi) is 6.91. The zero-order valence-corrected chi connectivity index (χ0v) is 16.5. The van der Waals surface area contributed by atoms with Gasteiger partial charge >= 0.3 is 0 Å². The molecule has 154 valence electrons. The summed E-state index contributed by atoms with van der Waals surface area (Å²) in [6.45, 7) is 1.38. The van der Waals surface area contributed by atoms with Gasteiger partial charge in [-0.15, -0.1) is 0 Å². The summed E-state index contributed by atoms with van der Waals surface area (Å²) >= 11 is 1.29. The van der Waals surface area contributed by atoms with Crippen molar-refractivity contribution < 1.29 is 13.6 Å². The van der Waals surface area contributed by atoms with Crippen LogP contribution in [0.5, 0.6) is 0 Å². The van der Waals surface area contributed by atoms with Gasteiger partial charge in [-0.3, -0.25) is 10.2 Å². The molecular formula is C18H21F2N7OS. The van der Waals surface area contributed by atoms with Crippen LogP contribution in [-0.2, 0) is 4.79 Å².